The second kappa shape index (κ2) is 16.1. The van der Waals surface area contributed by atoms with E-state index >= 15 is 0 Å². The summed E-state index contributed by atoms with van der Waals surface area (Å²) in [6.07, 6.45) is 2.14. The summed E-state index contributed by atoms with van der Waals surface area (Å²) in [5.41, 5.74) is 3.34. The minimum Gasteiger partial charge on any atom is -0.465 e. The number of amides is 3. The van der Waals surface area contributed by atoms with Crippen LogP contribution < -0.4 is 20.9 Å². The SMILES string of the molecule is CCC(Sc1cccc(NC(=O)/C(=C\c2ccc(N(C)C)cc2)NC(=O)c2ccccc2)c1)C(=O)Nc1ccccc1C(=O)OC. The van der Waals surface area contributed by atoms with Crippen molar-refractivity contribution in [2.45, 2.75) is 23.5 Å². The Kier molecular flexibility index (Phi) is 11.7. The summed E-state index contributed by atoms with van der Waals surface area (Å²) in [4.78, 5) is 54.7. The highest BCUT2D eigenvalue weighted by Gasteiger charge is 2.21. The molecular formula is C36H36N4O5S. The molecule has 0 heterocycles. The third-order valence-electron chi connectivity index (χ3n) is 6.87. The lowest BCUT2D eigenvalue weighted by atomic mass is 10.1. The molecule has 3 amide bonds. The molecule has 236 valence electrons. The second-order valence-electron chi connectivity index (χ2n) is 10.4. The first kappa shape index (κ1) is 33.5. The van der Waals surface area contributed by atoms with Gasteiger partial charge in [0, 0.05) is 35.9 Å². The number of thioether (sulfide) groups is 1. The van der Waals surface area contributed by atoms with Crippen molar-refractivity contribution in [1.82, 2.24) is 5.32 Å². The highest BCUT2D eigenvalue weighted by molar-refractivity contribution is 8.00. The summed E-state index contributed by atoms with van der Waals surface area (Å²) in [5.74, 6) is -1.74. The van der Waals surface area contributed by atoms with Gasteiger partial charge in [0.15, 0.2) is 0 Å². The standard InChI is InChI=1S/C36H36N4O5S/c1-5-32(35(43)38-30-17-10-9-16-29(30)36(44)45-4)46-28-15-11-14-26(23-28)37-34(42)31(39-33(41)25-12-7-6-8-13-25)22-24-18-20-27(21-19-24)40(2)3/h6-23,32H,5H2,1-4H3,(H,37,42)(H,38,43)(H,39,41)/b31-22+. The Labute approximate surface area is 273 Å². The van der Waals surface area contributed by atoms with E-state index in [1.54, 1.807) is 72.8 Å². The Morgan fingerprint density at radius 3 is 2.22 bits per heavy atom. The van der Waals surface area contributed by atoms with E-state index in [4.69, 9.17) is 4.74 Å². The van der Waals surface area contributed by atoms with Gasteiger partial charge in [0.25, 0.3) is 11.8 Å². The first-order chi connectivity index (χ1) is 22.2. The van der Waals surface area contributed by atoms with Crippen molar-refractivity contribution in [2.75, 3.05) is 36.7 Å². The summed E-state index contributed by atoms with van der Waals surface area (Å²) in [6, 6.07) is 30.0. The van der Waals surface area contributed by atoms with Gasteiger partial charge in [-0.2, -0.15) is 0 Å². The summed E-state index contributed by atoms with van der Waals surface area (Å²) < 4.78 is 4.83. The number of hydrogen-bond acceptors (Lipinski definition) is 7. The molecule has 1 unspecified atom stereocenters. The lowest BCUT2D eigenvalue weighted by Gasteiger charge is -2.17. The maximum absolute atomic E-state index is 13.6. The fraction of sp³-hybridized carbons (Fsp3) is 0.167. The first-order valence-electron chi connectivity index (χ1n) is 14.6. The zero-order valence-corrected chi connectivity index (χ0v) is 26.9. The number of esters is 1. The molecule has 10 heteroatoms. The number of nitrogens with zero attached hydrogens (tertiary/aromatic N) is 1. The van der Waals surface area contributed by atoms with Crippen molar-refractivity contribution in [1.29, 1.82) is 0 Å². The van der Waals surface area contributed by atoms with Gasteiger partial charge >= 0.3 is 5.97 Å². The fourth-order valence-electron chi connectivity index (χ4n) is 4.40. The number of nitrogens with one attached hydrogen (secondary N) is 3. The van der Waals surface area contributed by atoms with Gasteiger partial charge in [-0.1, -0.05) is 55.5 Å². The van der Waals surface area contributed by atoms with E-state index < -0.39 is 23.0 Å². The summed E-state index contributed by atoms with van der Waals surface area (Å²) in [5, 5.41) is 8.00. The monoisotopic (exact) mass is 636 g/mol. The lowest BCUT2D eigenvalue weighted by molar-refractivity contribution is -0.116. The molecule has 0 radical (unpaired) electrons. The number of rotatable bonds is 12. The number of para-hydroxylation sites is 1. The molecule has 0 bridgehead atoms. The molecule has 0 aromatic heterocycles. The molecule has 0 aliphatic heterocycles. The molecule has 4 aromatic carbocycles. The summed E-state index contributed by atoms with van der Waals surface area (Å²) in [6.45, 7) is 1.90. The number of carbonyl (C=O) groups is 4. The van der Waals surface area contributed by atoms with Crippen molar-refractivity contribution >= 4 is 58.6 Å². The Balaban J connectivity index is 1.51. The predicted molar refractivity (Wildman–Crippen MR) is 184 cm³/mol. The van der Waals surface area contributed by atoms with Gasteiger partial charge in [-0.3, -0.25) is 14.4 Å². The number of anilines is 3. The van der Waals surface area contributed by atoms with Gasteiger partial charge in [0.1, 0.15) is 5.70 Å². The van der Waals surface area contributed by atoms with E-state index in [2.05, 4.69) is 16.0 Å². The molecule has 9 nitrogen and oxygen atoms in total. The van der Waals surface area contributed by atoms with Gasteiger partial charge in [-0.05, 0) is 72.7 Å². The lowest BCUT2D eigenvalue weighted by Crippen LogP contribution is -2.30. The molecule has 0 aliphatic carbocycles. The molecule has 4 aromatic rings. The van der Waals surface area contributed by atoms with Crippen LogP contribution in [0.15, 0.2) is 114 Å². The predicted octanol–water partition coefficient (Wildman–Crippen LogP) is 6.46. The molecule has 0 saturated heterocycles. The fourth-order valence-corrected chi connectivity index (χ4v) is 5.42. The zero-order chi connectivity index (χ0) is 33.1. The van der Waals surface area contributed by atoms with Crippen LogP contribution in [-0.4, -0.2) is 50.1 Å². The second-order valence-corrected chi connectivity index (χ2v) is 11.7. The maximum atomic E-state index is 13.6. The minimum atomic E-state index is -0.543. The average molecular weight is 637 g/mol. The van der Waals surface area contributed by atoms with E-state index in [1.807, 2.05) is 62.3 Å². The Morgan fingerprint density at radius 2 is 1.54 bits per heavy atom. The third kappa shape index (κ3) is 9.09. The summed E-state index contributed by atoms with van der Waals surface area (Å²) in [7, 11) is 5.17. The molecule has 4 rings (SSSR count). The highest BCUT2D eigenvalue weighted by Crippen LogP contribution is 2.29. The van der Waals surface area contributed by atoms with Crippen LogP contribution in [0, 0.1) is 0 Å². The third-order valence-corrected chi connectivity index (χ3v) is 8.23. The van der Waals surface area contributed by atoms with Crippen molar-refractivity contribution < 1.29 is 23.9 Å². The van der Waals surface area contributed by atoms with Gasteiger partial charge < -0.3 is 25.6 Å². The van der Waals surface area contributed by atoms with Crippen LogP contribution in [0.5, 0.6) is 0 Å². The van der Waals surface area contributed by atoms with Gasteiger partial charge in [0.05, 0.1) is 23.6 Å². The average Bonchev–Trinajstić information content (AvgIpc) is 3.07. The number of carbonyl (C=O) groups excluding carboxylic acids is 4. The zero-order valence-electron chi connectivity index (χ0n) is 26.1. The van der Waals surface area contributed by atoms with Crippen molar-refractivity contribution in [3.63, 3.8) is 0 Å². The van der Waals surface area contributed by atoms with E-state index in [9.17, 15) is 19.2 Å². The minimum absolute atomic E-state index is 0.0691. The maximum Gasteiger partial charge on any atom is 0.339 e. The van der Waals surface area contributed by atoms with E-state index in [0.29, 0.717) is 23.4 Å². The number of methoxy groups -OCH3 is 1. The Morgan fingerprint density at radius 1 is 0.848 bits per heavy atom. The Bertz CT molecular complexity index is 1720. The quantitative estimate of drug-likeness (QED) is 0.0929. The molecule has 46 heavy (non-hydrogen) atoms. The molecule has 0 spiro atoms. The van der Waals surface area contributed by atoms with Crippen LogP contribution in [0.2, 0.25) is 0 Å². The van der Waals surface area contributed by atoms with Crippen LogP contribution >= 0.6 is 11.8 Å². The molecule has 0 saturated carbocycles. The topological polar surface area (TPSA) is 117 Å². The molecule has 3 N–H and O–H groups in total. The van der Waals surface area contributed by atoms with Crippen molar-refractivity contribution in [2.24, 2.45) is 0 Å². The van der Waals surface area contributed by atoms with Gasteiger partial charge in [-0.25, -0.2) is 4.79 Å². The van der Waals surface area contributed by atoms with Crippen molar-refractivity contribution in [3.8, 4) is 0 Å². The highest BCUT2D eigenvalue weighted by atomic mass is 32.2. The molecule has 1 atom stereocenters. The van der Waals surface area contributed by atoms with Gasteiger partial charge in [-0.15, -0.1) is 11.8 Å². The van der Waals surface area contributed by atoms with Crippen LogP contribution in [0.4, 0.5) is 17.1 Å². The van der Waals surface area contributed by atoms with Crippen LogP contribution in [0.1, 0.15) is 39.6 Å². The number of ether oxygens (including phenoxy) is 1. The molecule has 0 aliphatic rings. The molecule has 0 fully saturated rings. The smallest absolute Gasteiger partial charge is 0.339 e. The van der Waals surface area contributed by atoms with Crippen LogP contribution in [0.3, 0.4) is 0 Å². The van der Waals surface area contributed by atoms with Gasteiger partial charge in [0.2, 0.25) is 5.91 Å². The van der Waals surface area contributed by atoms with Crippen LogP contribution in [-0.2, 0) is 14.3 Å². The van der Waals surface area contributed by atoms with Crippen LogP contribution in [0.25, 0.3) is 6.08 Å². The first-order valence-corrected chi connectivity index (χ1v) is 15.5. The normalized spacial score (nSPS) is 11.6. The van der Waals surface area contributed by atoms with E-state index in [1.165, 1.54) is 18.9 Å². The largest absolute Gasteiger partial charge is 0.465 e. The van der Waals surface area contributed by atoms with E-state index in [-0.39, 0.29) is 17.2 Å². The van der Waals surface area contributed by atoms with E-state index in [0.717, 1.165) is 16.1 Å². The summed E-state index contributed by atoms with van der Waals surface area (Å²) >= 11 is 1.33. The Hall–Kier alpha value is -5.35. The number of benzene rings is 4. The number of hydrogen-bond donors (Lipinski definition) is 3. The molecular weight excluding hydrogens is 600 g/mol. The van der Waals surface area contributed by atoms with Crippen molar-refractivity contribution in [3.05, 3.63) is 126 Å².